The molecule has 140 valence electrons. The maximum atomic E-state index is 13.2. The molecule has 7 heteroatoms. The topological polar surface area (TPSA) is 44.1 Å². The van der Waals surface area contributed by atoms with Gasteiger partial charge in [0, 0.05) is 5.56 Å². The second-order valence-corrected chi connectivity index (χ2v) is 5.96. The van der Waals surface area contributed by atoms with Gasteiger partial charge in [-0.1, -0.05) is 29.8 Å². The SMILES string of the molecule is CCOC(=O)c1ccc(-n2nc(C(F)(F)F)cc2-c2ccc(C)cc2)cc1. The number of benzene rings is 2. The normalized spacial score (nSPS) is 11.4. The summed E-state index contributed by atoms with van der Waals surface area (Å²) in [5.41, 5.74) is 1.67. The standard InChI is InChI=1S/C20H17F3N2O2/c1-3-27-19(26)15-8-10-16(11-9-15)25-17(12-18(24-25)20(21,22)23)14-6-4-13(2)5-7-14/h4-12H,3H2,1-2H3. The van der Waals surface area contributed by atoms with Gasteiger partial charge in [0.1, 0.15) is 0 Å². The predicted octanol–water partition coefficient (Wildman–Crippen LogP) is 5.04. The first-order valence-corrected chi connectivity index (χ1v) is 8.31. The van der Waals surface area contributed by atoms with E-state index in [0.717, 1.165) is 11.6 Å². The van der Waals surface area contributed by atoms with Crippen LogP contribution < -0.4 is 0 Å². The van der Waals surface area contributed by atoms with Crippen molar-refractivity contribution in [2.45, 2.75) is 20.0 Å². The van der Waals surface area contributed by atoms with Crippen molar-refractivity contribution in [1.29, 1.82) is 0 Å². The van der Waals surface area contributed by atoms with E-state index in [1.165, 1.54) is 28.9 Å². The molecule has 0 amide bonds. The molecule has 0 fully saturated rings. The Morgan fingerprint density at radius 1 is 1.07 bits per heavy atom. The molecule has 2 aromatic carbocycles. The zero-order chi connectivity index (χ0) is 19.6. The van der Waals surface area contributed by atoms with E-state index in [0.29, 0.717) is 22.5 Å². The van der Waals surface area contributed by atoms with E-state index in [9.17, 15) is 18.0 Å². The second-order valence-electron chi connectivity index (χ2n) is 5.96. The van der Waals surface area contributed by atoms with E-state index in [1.54, 1.807) is 19.1 Å². The molecule has 0 radical (unpaired) electrons. The van der Waals surface area contributed by atoms with Crippen LogP contribution in [0.4, 0.5) is 13.2 Å². The number of nitrogens with zero attached hydrogens (tertiary/aromatic N) is 2. The third-order valence-electron chi connectivity index (χ3n) is 3.97. The minimum absolute atomic E-state index is 0.242. The zero-order valence-electron chi connectivity index (χ0n) is 14.7. The van der Waals surface area contributed by atoms with E-state index >= 15 is 0 Å². The molecular weight excluding hydrogens is 357 g/mol. The molecule has 3 rings (SSSR count). The van der Waals surface area contributed by atoms with Crippen LogP contribution in [-0.4, -0.2) is 22.4 Å². The number of carbonyl (C=O) groups excluding carboxylic acids is 1. The number of hydrogen-bond donors (Lipinski definition) is 0. The van der Waals surface area contributed by atoms with E-state index in [1.807, 2.05) is 19.1 Å². The molecule has 0 aliphatic heterocycles. The molecule has 0 N–H and O–H groups in total. The summed E-state index contributed by atoms with van der Waals surface area (Å²) in [5, 5.41) is 3.74. The number of carbonyl (C=O) groups is 1. The number of ether oxygens (including phenoxy) is 1. The van der Waals surface area contributed by atoms with E-state index in [-0.39, 0.29) is 6.61 Å². The van der Waals surface area contributed by atoms with Crippen molar-refractivity contribution < 1.29 is 22.7 Å². The lowest BCUT2D eigenvalue weighted by molar-refractivity contribution is -0.141. The maximum Gasteiger partial charge on any atom is 0.435 e. The quantitative estimate of drug-likeness (QED) is 0.601. The summed E-state index contributed by atoms with van der Waals surface area (Å²) < 4.78 is 45.7. The van der Waals surface area contributed by atoms with Crippen molar-refractivity contribution in [1.82, 2.24) is 9.78 Å². The Balaban J connectivity index is 2.07. The van der Waals surface area contributed by atoms with E-state index in [2.05, 4.69) is 5.10 Å². The first kappa shape index (κ1) is 18.7. The Kier molecular flexibility index (Phi) is 5.03. The first-order chi connectivity index (χ1) is 12.8. The van der Waals surface area contributed by atoms with Crippen molar-refractivity contribution in [3.63, 3.8) is 0 Å². The van der Waals surface area contributed by atoms with Gasteiger partial charge in [0.15, 0.2) is 5.69 Å². The second kappa shape index (κ2) is 7.26. The molecule has 1 heterocycles. The smallest absolute Gasteiger partial charge is 0.435 e. The van der Waals surface area contributed by atoms with Crippen LogP contribution in [0.5, 0.6) is 0 Å². The van der Waals surface area contributed by atoms with Crippen molar-refractivity contribution >= 4 is 5.97 Å². The molecular formula is C20H17F3N2O2. The van der Waals surface area contributed by atoms with Crippen LogP contribution in [0.15, 0.2) is 54.6 Å². The number of rotatable bonds is 4. The molecule has 0 aliphatic rings. The van der Waals surface area contributed by atoms with Crippen molar-refractivity contribution in [3.8, 4) is 16.9 Å². The lowest BCUT2D eigenvalue weighted by atomic mass is 10.1. The summed E-state index contributed by atoms with van der Waals surface area (Å²) in [6.07, 6.45) is -4.56. The number of halogens is 3. The first-order valence-electron chi connectivity index (χ1n) is 8.31. The summed E-state index contributed by atoms with van der Waals surface area (Å²) in [6, 6.07) is 14.2. The zero-order valence-corrected chi connectivity index (χ0v) is 14.7. The van der Waals surface area contributed by atoms with Crippen LogP contribution in [0.1, 0.15) is 28.5 Å². The Morgan fingerprint density at radius 3 is 2.26 bits per heavy atom. The third kappa shape index (κ3) is 4.02. The molecule has 27 heavy (non-hydrogen) atoms. The van der Waals surface area contributed by atoms with Gasteiger partial charge in [-0.05, 0) is 44.2 Å². The van der Waals surface area contributed by atoms with Gasteiger partial charge in [0.2, 0.25) is 0 Å². The molecule has 0 saturated carbocycles. The summed E-state index contributed by atoms with van der Waals surface area (Å²) in [5.74, 6) is -0.487. The average molecular weight is 374 g/mol. The minimum atomic E-state index is -4.56. The van der Waals surface area contributed by atoms with E-state index in [4.69, 9.17) is 4.74 Å². The lowest BCUT2D eigenvalue weighted by Gasteiger charge is -2.09. The van der Waals surface area contributed by atoms with Crippen LogP contribution in [-0.2, 0) is 10.9 Å². The van der Waals surface area contributed by atoms with Crippen LogP contribution in [0.3, 0.4) is 0 Å². The summed E-state index contributed by atoms with van der Waals surface area (Å²) in [6.45, 7) is 3.84. The Morgan fingerprint density at radius 2 is 1.70 bits per heavy atom. The molecule has 0 atom stereocenters. The molecule has 0 unspecified atom stereocenters. The molecule has 0 bridgehead atoms. The predicted molar refractivity (Wildman–Crippen MR) is 94.7 cm³/mol. The summed E-state index contributed by atoms with van der Waals surface area (Å²) >= 11 is 0. The molecule has 1 aromatic heterocycles. The van der Waals surface area contributed by atoms with Gasteiger partial charge >= 0.3 is 12.1 Å². The highest BCUT2D eigenvalue weighted by Gasteiger charge is 2.35. The van der Waals surface area contributed by atoms with Gasteiger partial charge in [0.05, 0.1) is 23.6 Å². The lowest BCUT2D eigenvalue weighted by Crippen LogP contribution is -2.08. The number of alkyl halides is 3. The molecule has 0 spiro atoms. The number of esters is 1. The van der Waals surface area contributed by atoms with Crippen LogP contribution in [0.25, 0.3) is 16.9 Å². The molecule has 3 aromatic rings. The number of hydrogen-bond acceptors (Lipinski definition) is 3. The van der Waals surface area contributed by atoms with Gasteiger partial charge in [-0.25, -0.2) is 9.48 Å². The highest BCUT2D eigenvalue weighted by atomic mass is 19.4. The van der Waals surface area contributed by atoms with Crippen molar-refractivity contribution in [3.05, 3.63) is 71.4 Å². The number of aromatic nitrogens is 2. The highest BCUT2D eigenvalue weighted by molar-refractivity contribution is 5.89. The summed E-state index contributed by atoms with van der Waals surface area (Å²) in [7, 11) is 0. The maximum absolute atomic E-state index is 13.2. The fraction of sp³-hybridized carbons (Fsp3) is 0.200. The third-order valence-corrected chi connectivity index (χ3v) is 3.97. The van der Waals surface area contributed by atoms with Gasteiger partial charge in [-0.2, -0.15) is 18.3 Å². The fourth-order valence-electron chi connectivity index (χ4n) is 2.60. The van der Waals surface area contributed by atoms with Gasteiger partial charge in [-0.15, -0.1) is 0 Å². The number of aryl methyl sites for hydroxylation is 1. The van der Waals surface area contributed by atoms with Gasteiger partial charge in [-0.3, -0.25) is 0 Å². The Hall–Kier alpha value is -3.09. The monoisotopic (exact) mass is 374 g/mol. The van der Waals surface area contributed by atoms with Crippen LogP contribution >= 0.6 is 0 Å². The van der Waals surface area contributed by atoms with Gasteiger partial charge < -0.3 is 4.74 Å². The van der Waals surface area contributed by atoms with E-state index < -0.39 is 17.8 Å². The highest BCUT2D eigenvalue weighted by Crippen LogP contribution is 2.33. The minimum Gasteiger partial charge on any atom is -0.462 e. The molecule has 0 aliphatic carbocycles. The Labute approximate surface area is 154 Å². The largest absolute Gasteiger partial charge is 0.462 e. The van der Waals surface area contributed by atoms with Gasteiger partial charge in [0.25, 0.3) is 0 Å². The summed E-state index contributed by atoms with van der Waals surface area (Å²) in [4.78, 5) is 11.8. The van der Waals surface area contributed by atoms with Crippen molar-refractivity contribution in [2.24, 2.45) is 0 Å². The van der Waals surface area contributed by atoms with Crippen LogP contribution in [0.2, 0.25) is 0 Å². The Bertz CT molecular complexity index is 943. The molecule has 4 nitrogen and oxygen atoms in total. The van der Waals surface area contributed by atoms with Crippen LogP contribution in [0, 0.1) is 6.92 Å². The fourth-order valence-corrected chi connectivity index (χ4v) is 2.60. The molecule has 0 saturated heterocycles. The average Bonchev–Trinajstić information content (AvgIpc) is 3.08. The van der Waals surface area contributed by atoms with Crippen molar-refractivity contribution in [2.75, 3.05) is 6.61 Å².